The number of aromatic nitrogens is 3. The molecule has 2 aromatic heterocycles. The third-order valence-corrected chi connectivity index (χ3v) is 16.5. The highest BCUT2D eigenvalue weighted by Gasteiger charge is 2.46. The number of hydrogen-bond donors (Lipinski definition) is 1. The van der Waals surface area contributed by atoms with Gasteiger partial charge in [0.1, 0.15) is 12.3 Å². The Bertz CT molecular complexity index is 1050. The molecule has 33 heavy (non-hydrogen) atoms. The monoisotopic (exact) mass is 496 g/mol. The van der Waals surface area contributed by atoms with Crippen LogP contribution in [0.1, 0.15) is 54.2 Å². The standard InChI is InChI=1S/C22H40N4O5Si2/c1-21(2,3)32(7,8)28-12-15-14(31-33(9,10)22(4,5)6)11-16(29-15)26-13-24-17-18(26)25-20(23)30-19(17)27/h13-16H,11-12H2,1-10H3,(H2,23,25)/t14-,15+,16+/m0/s1. The van der Waals surface area contributed by atoms with Crippen LogP contribution in [0.5, 0.6) is 0 Å². The molecule has 1 saturated heterocycles. The van der Waals surface area contributed by atoms with E-state index in [1.807, 2.05) is 0 Å². The number of imidazole rings is 1. The van der Waals surface area contributed by atoms with Gasteiger partial charge in [0.25, 0.3) is 6.01 Å². The van der Waals surface area contributed by atoms with Crippen molar-refractivity contribution in [1.82, 2.24) is 14.5 Å². The average molecular weight is 497 g/mol. The summed E-state index contributed by atoms with van der Waals surface area (Å²) in [7, 11) is -4.03. The third-order valence-electron chi connectivity index (χ3n) is 7.53. The van der Waals surface area contributed by atoms with E-state index >= 15 is 0 Å². The highest BCUT2D eigenvalue weighted by Crippen LogP contribution is 2.42. The molecule has 0 bridgehead atoms. The molecule has 1 fully saturated rings. The van der Waals surface area contributed by atoms with E-state index in [0.717, 1.165) is 0 Å². The first-order valence-corrected chi connectivity index (χ1v) is 17.3. The van der Waals surface area contributed by atoms with Gasteiger partial charge < -0.3 is 23.7 Å². The lowest BCUT2D eigenvalue weighted by Gasteiger charge is -2.40. The van der Waals surface area contributed by atoms with E-state index in [0.29, 0.717) is 18.7 Å². The van der Waals surface area contributed by atoms with E-state index in [-0.39, 0.29) is 33.8 Å². The Balaban J connectivity index is 1.91. The number of ether oxygens (including phenoxy) is 1. The molecule has 2 aromatic rings. The number of nitrogen functional groups attached to an aromatic ring is 1. The molecule has 11 heteroatoms. The number of hydrogen-bond acceptors (Lipinski definition) is 8. The van der Waals surface area contributed by atoms with Crippen LogP contribution < -0.4 is 11.4 Å². The second kappa shape index (κ2) is 8.60. The molecule has 3 atom stereocenters. The molecule has 1 aliphatic heterocycles. The molecule has 3 heterocycles. The molecule has 0 amide bonds. The van der Waals surface area contributed by atoms with Gasteiger partial charge in [-0.05, 0) is 36.3 Å². The maximum atomic E-state index is 12.1. The predicted molar refractivity (Wildman–Crippen MR) is 134 cm³/mol. The van der Waals surface area contributed by atoms with Crippen molar-refractivity contribution in [2.45, 2.75) is 103 Å². The van der Waals surface area contributed by atoms with Gasteiger partial charge in [-0.1, -0.05) is 41.5 Å². The number of rotatable bonds is 6. The van der Waals surface area contributed by atoms with Crippen molar-refractivity contribution in [3.63, 3.8) is 0 Å². The van der Waals surface area contributed by atoms with Crippen LogP contribution in [-0.2, 0) is 13.6 Å². The minimum Gasteiger partial charge on any atom is -0.414 e. The summed E-state index contributed by atoms with van der Waals surface area (Å²) in [4.78, 5) is 20.5. The number of nitrogens with zero attached hydrogens (tertiary/aromatic N) is 3. The molecule has 0 spiro atoms. The Hall–Kier alpha value is -1.54. The molecular weight excluding hydrogens is 456 g/mol. The molecule has 0 saturated carbocycles. The van der Waals surface area contributed by atoms with Crippen molar-refractivity contribution in [3.05, 3.63) is 16.7 Å². The van der Waals surface area contributed by atoms with E-state index in [2.05, 4.69) is 77.7 Å². The van der Waals surface area contributed by atoms with Crippen molar-refractivity contribution < 1.29 is 18.0 Å². The zero-order valence-corrected chi connectivity index (χ0v) is 23.7. The van der Waals surface area contributed by atoms with Crippen LogP contribution in [0.2, 0.25) is 36.3 Å². The van der Waals surface area contributed by atoms with Gasteiger partial charge >= 0.3 is 5.63 Å². The average Bonchev–Trinajstić information content (AvgIpc) is 3.21. The second-order valence-corrected chi connectivity index (χ2v) is 21.6. The minimum absolute atomic E-state index is 0.0621. The molecule has 9 nitrogen and oxygen atoms in total. The smallest absolute Gasteiger partial charge is 0.368 e. The zero-order valence-electron chi connectivity index (χ0n) is 21.7. The lowest BCUT2D eigenvalue weighted by molar-refractivity contribution is -0.0383. The SMILES string of the molecule is CC(C)(C)[Si](C)(C)OC[C@H]1O[C@@H](n2cnc3c(=O)oc(N)nc32)C[C@@H]1O[Si](C)(C)C(C)(C)C. The first-order chi connectivity index (χ1) is 14.9. The van der Waals surface area contributed by atoms with Crippen LogP contribution >= 0.6 is 0 Å². The van der Waals surface area contributed by atoms with E-state index < -0.39 is 28.5 Å². The van der Waals surface area contributed by atoms with Gasteiger partial charge in [0.15, 0.2) is 27.8 Å². The molecule has 0 radical (unpaired) electrons. The van der Waals surface area contributed by atoms with Gasteiger partial charge in [0, 0.05) is 6.42 Å². The third kappa shape index (κ3) is 5.27. The van der Waals surface area contributed by atoms with E-state index in [9.17, 15) is 4.79 Å². The summed E-state index contributed by atoms with van der Waals surface area (Å²) in [6.45, 7) is 22.8. The lowest BCUT2D eigenvalue weighted by Crippen LogP contribution is -2.48. The Labute approximate surface area is 198 Å². The highest BCUT2D eigenvalue weighted by molar-refractivity contribution is 6.74. The minimum atomic E-state index is -2.06. The van der Waals surface area contributed by atoms with Crippen LogP contribution in [-0.4, -0.2) is 50.0 Å². The normalized spacial score (nSPS) is 22.9. The van der Waals surface area contributed by atoms with E-state index in [1.54, 1.807) is 10.9 Å². The van der Waals surface area contributed by atoms with E-state index in [1.165, 1.54) is 0 Å². The van der Waals surface area contributed by atoms with Gasteiger partial charge in [0.2, 0.25) is 0 Å². The lowest BCUT2D eigenvalue weighted by atomic mass is 10.2. The molecule has 3 rings (SSSR count). The fourth-order valence-corrected chi connectivity index (χ4v) is 5.67. The molecule has 0 aliphatic carbocycles. The summed E-state index contributed by atoms with van der Waals surface area (Å²) in [5, 5.41) is 0.156. The first-order valence-electron chi connectivity index (χ1n) is 11.5. The summed E-state index contributed by atoms with van der Waals surface area (Å²) in [5.41, 5.74) is 5.56. The van der Waals surface area contributed by atoms with Crippen molar-refractivity contribution >= 4 is 33.8 Å². The maximum absolute atomic E-state index is 12.1. The Morgan fingerprint density at radius 2 is 1.73 bits per heavy atom. The quantitative estimate of drug-likeness (QED) is 0.574. The van der Waals surface area contributed by atoms with Crippen molar-refractivity contribution in [2.24, 2.45) is 0 Å². The summed E-state index contributed by atoms with van der Waals surface area (Å²) in [6, 6.07) is -0.195. The predicted octanol–water partition coefficient (Wildman–Crippen LogP) is 4.67. The van der Waals surface area contributed by atoms with Crippen molar-refractivity contribution in [3.8, 4) is 0 Å². The molecule has 0 unspecified atom stereocenters. The number of anilines is 1. The Morgan fingerprint density at radius 1 is 1.12 bits per heavy atom. The Morgan fingerprint density at radius 3 is 2.30 bits per heavy atom. The Kier molecular flexibility index (Phi) is 6.79. The maximum Gasteiger partial charge on any atom is 0.368 e. The van der Waals surface area contributed by atoms with Crippen LogP contribution in [0, 0.1) is 0 Å². The zero-order chi connectivity index (χ0) is 25.0. The van der Waals surface area contributed by atoms with Gasteiger partial charge in [-0.25, -0.2) is 9.78 Å². The van der Waals surface area contributed by atoms with Crippen LogP contribution in [0.3, 0.4) is 0 Å². The summed E-state index contributed by atoms with van der Waals surface area (Å²) < 4.78 is 26.4. The van der Waals surface area contributed by atoms with Gasteiger partial charge in [-0.3, -0.25) is 4.57 Å². The fourth-order valence-electron chi connectivity index (χ4n) is 3.30. The number of nitrogens with two attached hydrogens (primary N) is 1. The van der Waals surface area contributed by atoms with Crippen molar-refractivity contribution in [1.29, 1.82) is 0 Å². The summed E-state index contributed by atoms with van der Waals surface area (Å²) in [6.07, 6.45) is 1.38. The molecule has 2 N–H and O–H groups in total. The highest BCUT2D eigenvalue weighted by atomic mass is 28.4. The van der Waals surface area contributed by atoms with Gasteiger partial charge in [-0.15, -0.1) is 0 Å². The second-order valence-electron chi connectivity index (χ2n) is 12.0. The van der Waals surface area contributed by atoms with E-state index in [4.69, 9.17) is 23.7 Å². The van der Waals surface area contributed by atoms with Gasteiger partial charge in [0.05, 0.1) is 19.0 Å². The fraction of sp³-hybridized carbons (Fsp3) is 0.773. The molecule has 0 aromatic carbocycles. The topological polar surface area (TPSA) is 115 Å². The molecular formula is C22H40N4O5Si2. The largest absolute Gasteiger partial charge is 0.414 e. The van der Waals surface area contributed by atoms with Gasteiger partial charge in [-0.2, -0.15) is 4.98 Å². The number of fused-ring (bicyclic) bond motifs is 1. The van der Waals surface area contributed by atoms with Crippen LogP contribution in [0.15, 0.2) is 15.5 Å². The van der Waals surface area contributed by atoms with Crippen LogP contribution in [0.25, 0.3) is 11.2 Å². The molecule has 1 aliphatic rings. The van der Waals surface area contributed by atoms with Crippen LogP contribution in [0.4, 0.5) is 6.01 Å². The molecule has 186 valence electrons. The van der Waals surface area contributed by atoms with Crippen molar-refractivity contribution in [2.75, 3.05) is 12.3 Å². The summed E-state index contributed by atoms with van der Waals surface area (Å²) in [5.74, 6) is 0. The first kappa shape index (κ1) is 26.1. The summed E-state index contributed by atoms with van der Waals surface area (Å²) >= 11 is 0.